The first-order valence-electron chi connectivity index (χ1n) is 9.95. The molecule has 0 saturated heterocycles. The Morgan fingerprint density at radius 2 is 1.36 bits per heavy atom. The molecule has 0 fully saturated rings. The van der Waals surface area contributed by atoms with Crippen LogP contribution in [-0.4, -0.2) is 18.5 Å². The Morgan fingerprint density at radius 3 is 2.04 bits per heavy atom. The predicted molar refractivity (Wildman–Crippen MR) is 115 cm³/mol. The van der Waals surface area contributed by atoms with Crippen molar-refractivity contribution in [2.24, 2.45) is 0 Å². The van der Waals surface area contributed by atoms with E-state index in [9.17, 15) is 9.59 Å². The molecule has 0 unspecified atom stereocenters. The highest BCUT2D eigenvalue weighted by molar-refractivity contribution is 6.44. The first-order chi connectivity index (χ1) is 13.5. The summed E-state index contributed by atoms with van der Waals surface area (Å²) in [7, 11) is 0. The zero-order valence-corrected chi connectivity index (χ0v) is 18.7. The standard InChI is InChI=1S/C21H29Cl3O4/c1-2-3-4-5-6-7-8-9-15-27-18(25)11-10-12-19(26)28-21-17(23)14-13-16(22)20(21)24/h13-14H,2-12,15H2,1H3. The molecular formula is C21H29Cl3O4. The molecule has 1 rings (SSSR count). The number of esters is 2. The third-order valence-electron chi connectivity index (χ3n) is 4.24. The van der Waals surface area contributed by atoms with Crippen LogP contribution in [0.4, 0.5) is 0 Å². The van der Waals surface area contributed by atoms with Crippen molar-refractivity contribution in [1.82, 2.24) is 0 Å². The van der Waals surface area contributed by atoms with Gasteiger partial charge in [-0.1, -0.05) is 86.7 Å². The quantitative estimate of drug-likeness (QED) is 0.128. The van der Waals surface area contributed by atoms with Crippen LogP contribution in [-0.2, 0) is 14.3 Å². The van der Waals surface area contributed by atoms with Crippen LogP contribution in [0.5, 0.6) is 5.75 Å². The van der Waals surface area contributed by atoms with Gasteiger partial charge in [0.2, 0.25) is 0 Å². The van der Waals surface area contributed by atoms with E-state index in [1.807, 2.05) is 0 Å². The number of unbranched alkanes of at least 4 members (excludes halogenated alkanes) is 7. The van der Waals surface area contributed by atoms with Gasteiger partial charge in [-0.3, -0.25) is 9.59 Å². The maximum Gasteiger partial charge on any atom is 0.311 e. The Hall–Kier alpha value is -0.970. The lowest BCUT2D eigenvalue weighted by Crippen LogP contribution is -2.11. The Labute approximate surface area is 182 Å². The van der Waals surface area contributed by atoms with Crippen molar-refractivity contribution in [3.63, 3.8) is 0 Å². The summed E-state index contributed by atoms with van der Waals surface area (Å²) in [5, 5.41) is 0.540. The SMILES string of the molecule is CCCCCCCCCCOC(=O)CCCC(=O)Oc1c(Cl)ccc(Cl)c1Cl. The summed E-state index contributed by atoms with van der Waals surface area (Å²) >= 11 is 17.8. The van der Waals surface area contributed by atoms with Gasteiger partial charge in [0.1, 0.15) is 5.02 Å². The van der Waals surface area contributed by atoms with E-state index in [-0.39, 0.29) is 39.6 Å². The molecule has 1 aromatic rings. The topological polar surface area (TPSA) is 52.6 Å². The minimum absolute atomic E-state index is 0.0399. The Morgan fingerprint density at radius 1 is 0.786 bits per heavy atom. The van der Waals surface area contributed by atoms with E-state index in [0.717, 1.165) is 12.8 Å². The van der Waals surface area contributed by atoms with Crippen LogP contribution < -0.4 is 4.74 Å². The molecule has 0 aliphatic heterocycles. The van der Waals surface area contributed by atoms with Crippen molar-refractivity contribution >= 4 is 46.7 Å². The normalized spacial score (nSPS) is 10.7. The minimum Gasteiger partial charge on any atom is -0.466 e. The van der Waals surface area contributed by atoms with Crippen LogP contribution in [0.25, 0.3) is 0 Å². The third kappa shape index (κ3) is 10.5. The van der Waals surface area contributed by atoms with Gasteiger partial charge in [0, 0.05) is 12.8 Å². The van der Waals surface area contributed by atoms with Crippen LogP contribution in [0.2, 0.25) is 15.1 Å². The molecule has 0 aliphatic carbocycles. The number of benzene rings is 1. The lowest BCUT2D eigenvalue weighted by atomic mass is 10.1. The molecule has 0 amide bonds. The van der Waals surface area contributed by atoms with Gasteiger partial charge in [0.05, 0.1) is 16.7 Å². The fraction of sp³-hybridized carbons (Fsp3) is 0.619. The molecule has 28 heavy (non-hydrogen) atoms. The van der Waals surface area contributed by atoms with Gasteiger partial charge in [0.15, 0.2) is 5.75 Å². The molecule has 0 heterocycles. The molecule has 0 N–H and O–H groups in total. The van der Waals surface area contributed by atoms with Gasteiger partial charge in [0.25, 0.3) is 0 Å². The van der Waals surface area contributed by atoms with E-state index >= 15 is 0 Å². The van der Waals surface area contributed by atoms with Gasteiger partial charge in [-0.05, 0) is 25.0 Å². The molecular weight excluding hydrogens is 423 g/mol. The van der Waals surface area contributed by atoms with Gasteiger partial charge in [-0.2, -0.15) is 0 Å². The maximum atomic E-state index is 11.9. The van der Waals surface area contributed by atoms with Crippen LogP contribution in [0.3, 0.4) is 0 Å². The second kappa shape index (κ2) is 14.9. The van der Waals surface area contributed by atoms with Crippen molar-refractivity contribution in [1.29, 1.82) is 0 Å². The van der Waals surface area contributed by atoms with E-state index < -0.39 is 5.97 Å². The highest BCUT2D eigenvalue weighted by atomic mass is 35.5. The van der Waals surface area contributed by atoms with Crippen LogP contribution in [0, 0.1) is 0 Å². The first kappa shape index (κ1) is 25.1. The fourth-order valence-electron chi connectivity index (χ4n) is 2.64. The fourth-order valence-corrected chi connectivity index (χ4v) is 3.23. The van der Waals surface area contributed by atoms with E-state index in [0.29, 0.717) is 13.0 Å². The Bertz CT molecular complexity index is 620. The summed E-state index contributed by atoms with van der Waals surface area (Å²) < 4.78 is 10.4. The second-order valence-corrected chi connectivity index (χ2v) is 7.89. The molecule has 0 spiro atoms. The minimum atomic E-state index is -0.526. The van der Waals surface area contributed by atoms with Crippen LogP contribution in [0.1, 0.15) is 77.6 Å². The number of carbonyl (C=O) groups excluding carboxylic acids is 2. The molecule has 7 heteroatoms. The number of halogens is 3. The third-order valence-corrected chi connectivity index (χ3v) is 5.33. The van der Waals surface area contributed by atoms with Gasteiger partial charge in [-0.15, -0.1) is 0 Å². The second-order valence-electron chi connectivity index (χ2n) is 6.70. The predicted octanol–water partition coefficient (Wildman–Crippen LogP) is 7.41. The highest BCUT2D eigenvalue weighted by Crippen LogP contribution is 2.38. The number of rotatable bonds is 14. The van der Waals surface area contributed by atoms with Crippen molar-refractivity contribution in [2.45, 2.75) is 77.6 Å². The first-order valence-corrected chi connectivity index (χ1v) is 11.1. The Balaban J connectivity index is 2.10. The zero-order chi connectivity index (χ0) is 20.8. The van der Waals surface area contributed by atoms with E-state index in [1.54, 1.807) is 0 Å². The van der Waals surface area contributed by atoms with E-state index in [2.05, 4.69) is 6.92 Å². The van der Waals surface area contributed by atoms with Crippen molar-refractivity contribution in [2.75, 3.05) is 6.61 Å². The van der Waals surface area contributed by atoms with Gasteiger partial charge in [-0.25, -0.2) is 0 Å². The average molecular weight is 452 g/mol. The van der Waals surface area contributed by atoms with Crippen molar-refractivity contribution in [3.8, 4) is 5.75 Å². The van der Waals surface area contributed by atoms with Crippen molar-refractivity contribution in [3.05, 3.63) is 27.2 Å². The maximum absolute atomic E-state index is 11.9. The molecule has 4 nitrogen and oxygen atoms in total. The van der Waals surface area contributed by atoms with Gasteiger partial charge >= 0.3 is 11.9 Å². The Kier molecular flexibility index (Phi) is 13.4. The van der Waals surface area contributed by atoms with E-state index in [4.69, 9.17) is 44.3 Å². The van der Waals surface area contributed by atoms with Gasteiger partial charge < -0.3 is 9.47 Å². The monoisotopic (exact) mass is 450 g/mol. The number of carbonyl (C=O) groups is 2. The van der Waals surface area contributed by atoms with Crippen LogP contribution in [0.15, 0.2) is 12.1 Å². The number of hydrogen-bond acceptors (Lipinski definition) is 4. The molecule has 0 bridgehead atoms. The summed E-state index contributed by atoms with van der Waals surface area (Å²) in [6, 6.07) is 3.02. The van der Waals surface area contributed by atoms with Crippen LogP contribution >= 0.6 is 34.8 Å². The number of hydrogen-bond donors (Lipinski definition) is 0. The zero-order valence-electron chi connectivity index (χ0n) is 16.4. The number of ether oxygens (including phenoxy) is 2. The largest absolute Gasteiger partial charge is 0.466 e. The molecule has 0 saturated carbocycles. The molecule has 0 radical (unpaired) electrons. The molecule has 0 atom stereocenters. The summed E-state index contributed by atoms with van der Waals surface area (Å²) in [6.45, 7) is 2.65. The average Bonchev–Trinajstić information content (AvgIpc) is 2.67. The summed E-state index contributed by atoms with van der Waals surface area (Å²) in [5.74, 6) is -0.783. The molecule has 158 valence electrons. The lowest BCUT2D eigenvalue weighted by Gasteiger charge is -2.09. The smallest absolute Gasteiger partial charge is 0.311 e. The lowest BCUT2D eigenvalue weighted by molar-refractivity contribution is -0.144. The summed E-state index contributed by atoms with van der Waals surface area (Å²) in [5.41, 5.74) is 0. The van der Waals surface area contributed by atoms with Crippen molar-refractivity contribution < 1.29 is 19.1 Å². The molecule has 1 aromatic carbocycles. The summed E-state index contributed by atoms with van der Waals surface area (Å²) in [4.78, 5) is 23.6. The highest BCUT2D eigenvalue weighted by Gasteiger charge is 2.15. The summed E-state index contributed by atoms with van der Waals surface area (Å²) in [6.07, 6.45) is 10.1. The molecule has 0 aliphatic rings. The van der Waals surface area contributed by atoms with E-state index in [1.165, 1.54) is 50.7 Å². The molecule has 0 aromatic heterocycles.